The fraction of sp³-hybridized carbons (Fsp3) is 0. The summed E-state index contributed by atoms with van der Waals surface area (Å²) in [7, 11) is 0. The third-order valence-electron chi connectivity index (χ3n) is 9.29. The molecule has 0 aliphatic heterocycles. The van der Waals surface area contributed by atoms with Crippen LogP contribution in [0.2, 0.25) is 0 Å². The standard InChI is InChI=1S/C43H26N2S2/c1-3-10-40-35(7-1)37-20-14-28-25-31(18-22-33(28)42(37)46-40)45(30-16-12-27(13-17-30)39-9-5-6-24-44-39)32-19-23-34-29(26-32)15-21-38-36-8-2-4-11-41(36)47-43(34)38/h1-26H. The molecular formula is C43H26N2S2. The van der Waals surface area contributed by atoms with Crippen molar-refractivity contribution in [2.24, 2.45) is 0 Å². The number of anilines is 3. The highest BCUT2D eigenvalue weighted by Gasteiger charge is 2.17. The number of hydrogen-bond donors (Lipinski definition) is 0. The number of thiophene rings is 2. The van der Waals surface area contributed by atoms with Gasteiger partial charge in [-0.1, -0.05) is 91.0 Å². The molecule has 0 aliphatic rings. The van der Waals surface area contributed by atoms with Gasteiger partial charge in [-0.2, -0.15) is 0 Å². The molecule has 10 rings (SSSR count). The van der Waals surface area contributed by atoms with E-state index >= 15 is 0 Å². The van der Waals surface area contributed by atoms with E-state index in [1.54, 1.807) is 0 Å². The van der Waals surface area contributed by atoms with E-state index in [1.807, 2.05) is 41.0 Å². The van der Waals surface area contributed by atoms with Gasteiger partial charge in [-0.3, -0.25) is 4.98 Å². The van der Waals surface area contributed by atoms with Gasteiger partial charge in [0, 0.05) is 69.2 Å². The molecule has 0 unspecified atom stereocenters. The molecule has 220 valence electrons. The molecule has 4 heteroatoms. The van der Waals surface area contributed by atoms with Gasteiger partial charge in [0.1, 0.15) is 0 Å². The second kappa shape index (κ2) is 10.5. The smallest absolute Gasteiger partial charge is 0.0701 e. The highest BCUT2D eigenvalue weighted by molar-refractivity contribution is 7.27. The molecular weight excluding hydrogens is 609 g/mol. The van der Waals surface area contributed by atoms with Gasteiger partial charge in [-0.15, -0.1) is 22.7 Å². The Balaban J connectivity index is 1.15. The molecule has 7 aromatic carbocycles. The Bertz CT molecular complexity index is 2640. The zero-order chi connectivity index (χ0) is 30.9. The van der Waals surface area contributed by atoms with Crippen LogP contribution in [0.3, 0.4) is 0 Å². The average Bonchev–Trinajstić information content (AvgIpc) is 3.71. The second-order valence-electron chi connectivity index (χ2n) is 12.0. The lowest BCUT2D eigenvalue weighted by atomic mass is 10.0. The van der Waals surface area contributed by atoms with Crippen molar-refractivity contribution in [1.82, 2.24) is 4.98 Å². The molecule has 10 aromatic rings. The quantitative estimate of drug-likeness (QED) is 0.191. The number of fused-ring (bicyclic) bond motifs is 10. The van der Waals surface area contributed by atoms with Crippen molar-refractivity contribution < 1.29 is 0 Å². The summed E-state index contributed by atoms with van der Waals surface area (Å²) in [5.74, 6) is 0. The highest BCUT2D eigenvalue weighted by atomic mass is 32.1. The lowest BCUT2D eigenvalue weighted by Gasteiger charge is -2.26. The van der Waals surface area contributed by atoms with Crippen LogP contribution >= 0.6 is 22.7 Å². The fourth-order valence-corrected chi connectivity index (χ4v) is 9.51. The van der Waals surface area contributed by atoms with Crippen molar-refractivity contribution in [3.8, 4) is 11.3 Å². The molecule has 0 saturated heterocycles. The van der Waals surface area contributed by atoms with E-state index in [1.165, 1.54) is 61.9 Å². The summed E-state index contributed by atoms with van der Waals surface area (Å²) in [6.45, 7) is 0. The van der Waals surface area contributed by atoms with Crippen molar-refractivity contribution >= 4 is 102 Å². The maximum Gasteiger partial charge on any atom is 0.0701 e. The Kier molecular flexibility index (Phi) is 5.95. The SMILES string of the molecule is c1ccc(-c2ccc(N(c3ccc4c(ccc5c6ccccc6sc45)c3)c3ccc4c(ccc5c6ccccc6sc45)c3)cc2)nc1. The Labute approximate surface area is 279 Å². The van der Waals surface area contributed by atoms with Crippen LogP contribution in [-0.4, -0.2) is 4.98 Å². The molecule has 0 bridgehead atoms. The van der Waals surface area contributed by atoms with Crippen LogP contribution in [0.4, 0.5) is 17.1 Å². The van der Waals surface area contributed by atoms with Crippen molar-refractivity contribution in [2.45, 2.75) is 0 Å². The molecule has 0 aliphatic carbocycles. The first-order valence-corrected chi connectivity index (χ1v) is 17.4. The number of rotatable bonds is 4. The third kappa shape index (κ3) is 4.26. The summed E-state index contributed by atoms with van der Waals surface area (Å²) < 4.78 is 5.36. The molecule has 0 amide bonds. The zero-order valence-corrected chi connectivity index (χ0v) is 26.9. The number of hydrogen-bond acceptors (Lipinski definition) is 4. The Hall–Kier alpha value is -5.55. The molecule has 0 radical (unpaired) electrons. The summed E-state index contributed by atoms with van der Waals surface area (Å²) in [6.07, 6.45) is 1.85. The molecule has 3 aromatic heterocycles. The van der Waals surface area contributed by atoms with E-state index in [9.17, 15) is 0 Å². The number of benzene rings is 7. The van der Waals surface area contributed by atoms with Crippen molar-refractivity contribution in [1.29, 1.82) is 0 Å². The van der Waals surface area contributed by atoms with Crippen molar-refractivity contribution in [3.63, 3.8) is 0 Å². The van der Waals surface area contributed by atoms with Crippen molar-refractivity contribution in [2.75, 3.05) is 4.90 Å². The number of nitrogens with zero attached hydrogens (tertiary/aromatic N) is 2. The molecule has 47 heavy (non-hydrogen) atoms. The van der Waals surface area contributed by atoms with E-state index in [2.05, 4.69) is 149 Å². The molecule has 3 heterocycles. The maximum atomic E-state index is 4.58. The largest absolute Gasteiger partial charge is 0.310 e. The predicted molar refractivity (Wildman–Crippen MR) is 205 cm³/mol. The predicted octanol–water partition coefficient (Wildman–Crippen LogP) is 13.3. The van der Waals surface area contributed by atoms with Crippen LogP contribution in [0.1, 0.15) is 0 Å². The zero-order valence-electron chi connectivity index (χ0n) is 25.2. The van der Waals surface area contributed by atoms with Gasteiger partial charge < -0.3 is 4.90 Å². The maximum absolute atomic E-state index is 4.58. The van der Waals surface area contributed by atoms with Gasteiger partial charge in [0.15, 0.2) is 0 Å². The molecule has 0 fully saturated rings. The first-order valence-electron chi connectivity index (χ1n) is 15.8. The van der Waals surface area contributed by atoms with Crippen LogP contribution in [0.15, 0.2) is 158 Å². The number of aromatic nitrogens is 1. The average molecular weight is 635 g/mol. The molecule has 2 nitrogen and oxygen atoms in total. The first-order chi connectivity index (χ1) is 23.3. The van der Waals surface area contributed by atoms with E-state index in [4.69, 9.17) is 0 Å². The molecule has 0 saturated carbocycles. The fourth-order valence-electron chi connectivity index (χ4n) is 7.04. The summed E-state index contributed by atoms with van der Waals surface area (Å²) in [5, 5.41) is 10.4. The minimum atomic E-state index is 0.974. The molecule has 0 atom stereocenters. The van der Waals surface area contributed by atoms with Crippen molar-refractivity contribution in [3.05, 3.63) is 158 Å². The van der Waals surface area contributed by atoms with Crippen LogP contribution in [0.25, 0.3) is 73.1 Å². The number of pyridine rings is 1. The van der Waals surface area contributed by atoms with Gasteiger partial charge in [0.2, 0.25) is 0 Å². The third-order valence-corrected chi connectivity index (χ3v) is 11.7. The summed E-state index contributed by atoms with van der Waals surface area (Å²) >= 11 is 3.77. The highest BCUT2D eigenvalue weighted by Crippen LogP contribution is 2.44. The minimum absolute atomic E-state index is 0.974. The Morgan fingerprint density at radius 2 is 0.915 bits per heavy atom. The van der Waals surface area contributed by atoms with Crippen LogP contribution in [0.5, 0.6) is 0 Å². The lowest BCUT2D eigenvalue weighted by molar-refractivity contribution is 1.29. The summed E-state index contributed by atoms with van der Waals surface area (Å²) in [6, 6.07) is 55.2. The van der Waals surface area contributed by atoms with Crippen LogP contribution < -0.4 is 4.90 Å². The molecule has 0 N–H and O–H groups in total. The van der Waals surface area contributed by atoms with E-state index in [-0.39, 0.29) is 0 Å². The monoisotopic (exact) mass is 634 g/mol. The van der Waals surface area contributed by atoms with E-state index in [0.29, 0.717) is 0 Å². The van der Waals surface area contributed by atoms with E-state index in [0.717, 1.165) is 28.3 Å². The van der Waals surface area contributed by atoms with E-state index < -0.39 is 0 Å². The Morgan fingerprint density at radius 3 is 1.47 bits per heavy atom. The van der Waals surface area contributed by atoms with Gasteiger partial charge >= 0.3 is 0 Å². The normalized spacial score (nSPS) is 11.8. The summed E-state index contributed by atoms with van der Waals surface area (Å²) in [5.41, 5.74) is 5.44. The van der Waals surface area contributed by atoms with Gasteiger partial charge in [-0.25, -0.2) is 0 Å². The van der Waals surface area contributed by atoms with Gasteiger partial charge in [-0.05, 0) is 82.2 Å². The minimum Gasteiger partial charge on any atom is -0.310 e. The van der Waals surface area contributed by atoms with Gasteiger partial charge in [0.05, 0.1) is 5.69 Å². The first kappa shape index (κ1) is 26.6. The topological polar surface area (TPSA) is 16.1 Å². The molecule has 0 spiro atoms. The lowest BCUT2D eigenvalue weighted by Crippen LogP contribution is -2.10. The second-order valence-corrected chi connectivity index (χ2v) is 14.1. The summed E-state index contributed by atoms with van der Waals surface area (Å²) in [4.78, 5) is 6.96. The van der Waals surface area contributed by atoms with Gasteiger partial charge in [0.25, 0.3) is 0 Å². The Morgan fingerprint density at radius 1 is 0.404 bits per heavy atom. The van der Waals surface area contributed by atoms with Crippen LogP contribution in [0, 0.1) is 0 Å². The van der Waals surface area contributed by atoms with Crippen LogP contribution in [-0.2, 0) is 0 Å².